The van der Waals surface area contributed by atoms with Gasteiger partial charge < -0.3 is 15.2 Å². The van der Waals surface area contributed by atoms with Gasteiger partial charge >= 0.3 is 0 Å². The Morgan fingerprint density at radius 1 is 1.04 bits per heavy atom. The van der Waals surface area contributed by atoms with Crippen LogP contribution in [-0.2, 0) is 22.6 Å². The van der Waals surface area contributed by atoms with Gasteiger partial charge in [-0.2, -0.15) is 4.98 Å². The second kappa shape index (κ2) is 8.94. The fourth-order valence-corrected chi connectivity index (χ4v) is 2.59. The molecular weight excluding hydrogens is 356 g/mol. The number of carbonyl (C=O) groups excluding carboxylic acids is 2. The van der Waals surface area contributed by atoms with E-state index in [0.29, 0.717) is 24.7 Å². The molecule has 0 saturated carbocycles. The molecule has 3 aromatic rings. The normalized spacial score (nSPS) is 10.5. The zero-order valence-corrected chi connectivity index (χ0v) is 15.9. The Morgan fingerprint density at radius 2 is 1.75 bits per heavy atom. The molecule has 0 fully saturated rings. The molecule has 2 amide bonds. The molecule has 1 heterocycles. The third-order valence-electron chi connectivity index (χ3n) is 4.11. The van der Waals surface area contributed by atoms with Crippen LogP contribution in [0.3, 0.4) is 0 Å². The van der Waals surface area contributed by atoms with Crippen LogP contribution in [0.15, 0.2) is 53.1 Å². The van der Waals surface area contributed by atoms with E-state index >= 15 is 0 Å². The molecule has 28 heavy (non-hydrogen) atoms. The SMILES string of the molecule is CC(=O)Nc1ccc(CNC(=O)CCc2nc(-c3ccc(C)cc3)no2)cc1. The minimum Gasteiger partial charge on any atom is -0.352 e. The highest BCUT2D eigenvalue weighted by Gasteiger charge is 2.10. The van der Waals surface area contributed by atoms with Crippen LogP contribution in [-0.4, -0.2) is 22.0 Å². The smallest absolute Gasteiger partial charge is 0.227 e. The number of aryl methyl sites for hydroxylation is 2. The summed E-state index contributed by atoms with van der Waals surface area (Å²) in [6.45, 7) is 3.89. The fraction of sp³-hybridized carbons (Fsp3) is 0.238. The maximum atomic E-state index is 12.1. The summed E-state index contributed by atoms with van der Waals surface area (Å²) in [4.78, 5) is 27.4. The van der Waals surface area contributed by atoms with Gasteiger partial charge in [0.15, 0.2) is 0 Å². The molecule has 144 valence electrons. The van der Waals surface area contributed by atoms with Gasteiger partial charge in [0.1, 0.15) is 0 Å². The van der Waals surface area contributed by atoms with E-state index in [4.69, 9.17) is 4.52 Å². The molecule has 7 heteroatoms. The summed E-state index contributed by atoms with van der Waals surface area (Å²) < 4.78 is 5.23. The van der Waals surface area contributed by atoms with E-state index in [1.807, 2.05) is 43.3 Å². The number of hydrogen-bond donors (Lipinski definition) is 2. The van der Waals surface area contributed by atoms with Crippen molar-refractivity contribution in [2.24, 2.45) is 0 Å². The van der Waals surface area contributed by atoms with Gasteiger partial charge in [-0.25, -0.2) is 0 Å². The molecule has 0 spiro atoms. The number of hydrogen-bond acceptors (Lipinski definition) is 5. The zero-order valence-electron chi connectivity index (χ0n) is 15.9. The van der Waals surface area contributed by atoms with Crippen molar-refractivity contribution in [2.45, 2.75) is 33.2 Å². The summed E-state index contributed by atoms with van der Waals surface area (Å²) in [7, 11) is 0. The summed E-state index contributed by atoms with van der Waals surface area (Å²) in [5, 5.41) is 9.53. The molecule has 0 bridgehead atoms. The number of carbonyl (C=O) groups is 2. The molecule has 0 aliphatic rings. The zero-order chi connectivity index (χ0) is 19.9. The number of benzene rings is 2. The van der Waals surface area contributed by atoms with Crippen LogP contribution in [0.4, 0.5) is 5.69 Å². The van der Waals surface area contributed by atoms with E-state index in [-0.39, 0.29) is 18.2 Å². The van der Waals surface area contributed by atoms with E-state index in [1.165, 1.54) is 6.92 Å². The van der Waals surface area contributed by atoms with Gasteiger partial charge in [0.2, 0.25) is 23.5 Å². The van der Waals surface area contributed by atoms with Crippen LogP contribution in [0.1, 0.15) is 30.4 Å². The molecule has 0 aliphatic carbocycles. The Bertz CT molecular complexity index is 947. The Labute approximate surface area is 163 Å². The lowest BCUT2D eigenvalue weighted by Crippen LogP contribution is -2.23. The fourth-order valence-electron chi connectivity index (χ4n) is 2.59. The summed E-state index contributed by atoms with van der Waals surface area (Å²) in [5.41, 5.74) is 3.71. The van der Waals surface area contributed by atoms with Crippen LogP contribution >= 0.6 is 0 Å². The Morgan fingerprint density at radius 3 is 2.43 bits per heavy atom. The molecule has 0 unspecified atom stereocenters. The van der Waals surface area contributed by atoms with Crippen LogP contribution in [0.25, 0.3) is 11.4 Å². The first-order valence-corrected chi connectivity index (χ1v) is 9.02. The molecule has 1 aromatic heterocycles. The Balaban J connectivity index is 1.45. The Hall–Kier alpha value is -3.48. The lowest BCUT2D eigenvalue weighted by molar-refractivity contribution is -0.121. The monoisotopic (exact) mass is 378 g/mol. The summed E-state index contributed by atoms with van der Waals surface area (Å²) in [5.74, 6) is 0.744. The average molecular weight is 378 g/mol. The van der Waals surface area contributed by atoms with E-state index in [0.717, 1.165) is 22.4 Å². The summed E-state index contributed by atoms with van der Waals surface area (Å²) in [6.07, 6.45) is 0.645. The van der Waals surface area contributed by atoms with Crippen molar-refractivity contribution in [1.29, 1.82) is 0 Å². The van der Waals surface area contributed by atoms with Crippen molar-refractivity contribution < 1.29 is 14.1 Å². The van der Waals surface area contributed by atoms with E-state index in [9.17, 15) is 9.59 Å². The number of nitrogens with one attached hydrogen (secondary N) is 2. The standard InChI is InChI=1S/C21H22N4O3/c1-14-3-7-17(8-4-14)21-24-20(28-25-21)12-11-19(27)22-13-16-5-9-18(10-6-16)23-15(2)26/h3-10H,11-13H2,1-2H3,(H,22,27)(H,23,26). The Kier molecular flexibility index (Phi) is 6.16. The predicted octanol–water partition coefficient (Wildman–Crippen LogP) is 3.25. The molecular formula is C21H22N4O3. The van der Waals surface area contributed by atoms with Crippen LogP contribution in [0, 0.1) is 6.92 Å². The van der Waals surface area contributed by atoms with Gasteiger partial charge in [-0.1, -0.05) is 47.1 Å². The largest absolute Gasteiger partial charge is 0.352 e. The first kappa shape index (κ1) is 19.3. The van der Waals surface area contributed by atoms with Gasteiger partial charge in [-0.05, 0) is 24.6 Å². The van der Waals surface area contributed by atoms with Crippen LogP contribution in [0.5, 0.6) is 0 Å². The summed E-state index contributed by atoms with van der Waals surface area (Å²) >= 11 is 0. The molecule has 0 radical (unpaired) electrons. The second-order valence-electron chi connectivity index (χ2n) is 6.53. The second-order valence-corrected chi connectivity index (χ2v) is 6.53. The van der Waals surface area contributed by atoms with Crippen molar-refractivity contribution in [2.75, 3.05) is 5.32 Å². The van der Waals surface area contributed by atoms with Crippen molar-refractivity contribution in [3.63, 3.8) is 0 Å². The van der Waals surface area contributed by atoms with Crippen LogP contribution < -0.4 is 10.6 Å². The van der Waals surface area contributed by atoms with Gasteiger partial charge in [0.05, 0.1) is 0 Å². The predicted molar refractivity (Wildman–Crippen MR) is 105 cm³/mol. The number of rotatable bonds is 7. The highest BCUT2D eigenvalue weighted by molar-refractivity contribution is 5.88. The third-order valence-corrected chi connectivity index (χ3v) is 4.11. The highest BCUT2D eigenvalue weighted by atomic mass is 16.5. The molecule has 0 atom stereocenters. The maximum absolute atomic E-state index is 12.1. The number of nitrogens with zero attached hydrogens (tertiary/aromatic N) is 2. The quantitative estimate of drug-likeness (QED) is 0.658. The lowest BCUT2D eigenvalue weighted by atomic mass is 10.1. The highest BCUT2D eigenvalue weighted by Crippen LogP contribution is 2.16. The van der Waals surface area contributed by atoms with Gasteiger partial charge in [-0.3, -0.25) is 9.59 Å². The number of amides is 2. The maximum Gasteiger partial charge on any atom is 0.227 e. The lowest BCUT2D eigenvalue weighted by Gasteiger charge is -2.06. The summed E-state index contributed by atoms with van der Waals surface area (Å²) in [6, 6.07) is 15.2. The number of aromatic nitrogens is 2. The number of anilines is 1. The molecule has 7 nitrogen and oxygen atoms in total. The molecule has 2 N–H and O–H groups in total. The molecule has 3 rings (SSSR count). The van der Waals surface area contributed by atoms with Gasteiger partial charge in [0.25, 0.3) is 0 Å². The van der Waals surface area contributed by atoms with Crippen molar-refractivity contribution >= 4 is 17.5 Å². The van der Waals surface area contributed by atoms with Crippen LogP contribution in [0.2, 0.25) is 0 Å². The average Bonchev–Trinajstić information content (AvgIpc) is 3.15. The van der Waals surface area contributed by atoms with Crippen molar-refractivity contribution in [1.82, 2.24) is 15.5 Å². The first-order valence-electron chi connectivity index (χ1n) is 9.02. The van der Waals surface area contributed by atoms with E-state index in [2.05, 4.69) is 20.8 Å². The van der Waals surface area contributed by atoms with Crippen molar-refractivity contribution in [3.05, 3.63) is 65.5 Å². The van der Waals surface area contributed by atoms with E-state index < -0.39 is 0 Å². The first-order chi connectivity index (χ1) is 13.5. The topological polar surface area (TPSA) is 97.1 Å². The minimum atomic E-state index is -0.118. The molecule has 0 saturated heterocycles. The van der Waals surface area contributed by atoms with Crippen molar-refractivity contribution in [3.8, 4) is 11.4 Å². The third kappa shape index (κ3) is 5.51. The van der Waals surface area contributed by atoms with E-state index in [1.54, 1.807) is 12.1 Å². The molecule has 2 aromatic carbocycles. The van der Waals surface area contributed by atoms with Gasteiger partial charge in [0, 0.05) is 37.6 Å². The molecule has 0 aliphatic heterocycles. The van der Waals surface area contributed by atoms with Gasteiger partial charge in [-0.15, -0.1) is 0 Å². The minimum absolute atomic E-state index is 0.0963.